The monoisotopic (exact) mass is 307 g/mol. The first-order chi connectivity index (χ1) is 9.70. The van der Waals surface area contributed by atoms with Crippen molar-refractivity contribution in [1.82, 2.24) is 4.98 Å². The zero-order chi connectivity index (χ0) is 14.4. The van der Waals surface area contributed by atoms with Gasteiger partial charge in [0.05, 0.1) is 0 Å². The molecule has 0 saturated heterocycles. The van der Waals surface area contributed by atoms with Gasteiger partial charge < -0.3 is 15.4 Å². The van der Waals surface area contributed by atoms with E-state index in [9.17, 15) is 0 Å². The molecule has 2 aromatic rings. The Bertz CT molecular complexity index is 548. The van der Waals surface area contributed by atoms with Gasteiger partial charge in [-0.2, -0.15) is 4.98 Å². The van der Waals surface area contributed by atoms with Crippen LogP contribution in [0, 0.1) is 6.92 Å². The highest BCUT2D eigenvalue weighted by Gasteiger charge is 2.09. The lowest BCUT2D eigenvalue weighted by atomic mass is 10.2. The molecule has 2 N–H and O–H groups in total. The Morgan fingerprint density at radius 3 is 2.52 bits per heavy atom. The third-order valence-electron chi connectivity index (χ3n) is 3.04. The fourth-order valence-electron chi connectivity index (χ4n) is 2.06. The van der Waals surface area contributed by atoms with Crippen molar-refractivity contribution in [3.63, 3.8) is 0 Å². The summed E-state index contributed by atoms with van der Waals surface area (Å²) in [5, 5.41) is 0. The van der Waals surface area contributed by atoms with Crippen LogP contribution in [0.5, 0.6) is 5.88 Å². The van der Waals surface area contributed by atoms with Gasteiger partial charge in [0, 0.05) is 26.2 Å². The lowest BCUT2D eigenvalue weighted by Gasteiger charge is -2.21. The second kappa shape index (κ2) is 8.49. The number of aromatic nitrogens is 1. The first-order valence-electron chi connectivity index (χ1n) is 6.76. The van der Waals surface area contributed by atoms with Gasteiger partial charge in [0.15, 0.2) is 0 Å². The van der Waals surface area contributed by atoms with Gasteiger partial charge in [-0.1, -0.05) is 36.4 Å². The normalized spacial score (nSPS) is 9.86. The number of aryl methyl sites for hydroxylation is 1. The summed E-state index contributed by atoms with van der Waals surface area (Å²) in [5.74, 6) is 1.55. The number of benzene rings is 1. The average Bonchev–Trinajstić information content (AvgIpc) is 2.47. The molecule has 1 aromatic carbocycles. The molecule has 0 bridgehead atoms. The van der Waals surface area contributed by atoms with Crippen LogP contribution in [0.3, 0.4) is 0 Å². The van der Waals surface area contributed by atoms with Crippen LogP contribution >= 0.6 is 12.4 Å². The van der Waals surface area contributed by atoms with Crippen molar-refractivity contribution in [2.75, 3.05) is 25.1 Å². The standard InChI is InChI=1S/C16H21N3O.ClH/c1-13-8-9-15(20-11-10-17)18-16(13)19(2)12-14-6-4-3-5-7-14;/h3-9H,10-12,17H2,1-2H3;1H. The van der Waals surface area contributed by atoms with Crippen LogP contribution in [0.1, 0.15) is 11.1 Å². The SMILES string of the molecule is Cc1ccc(OCCN)nc1N(C)Cc1ccccc1.Cl. The van der Waals surface area contributed by atoms with Gasteiger partial charge in [-0.3, -0.25) is 0 Å². The molecule has 1 aromatic heterocycles. The van der Waals surface area contributed by atoms with Crippen LogP contribution < -0.4 is 15.4 Å². The van der Waals surface area contributed by atoms with Crippen LogP contribution in [0.2, 0.25) is 0 Å². The number of hydrogen-bond donors (Lipinski definition) is 1. The van der Waals surface area contributed by atoms with E-state index < -0.39 is 0 Å². The third-order valence-corrected chi connectivity index (χ3v) is 3.04. The number of pyridine rings is 1. The maximum absolute atomic E-state index is 5.49. The summed E-state index contributed by atoms with van der Waals surface area (Å²) in [6, 6.07) is 14.2. The smallest absolute Gasteiger partial charge is 0.215 e. The second-order valence-electron chi connectivity index (χ2n) is 4.77. The van der Waals surface area contributed by atoms with Gasteiger partial charge in [-0.15, -0.1) is 12.4 Å². The minimum Gasteiger partial charge on any atom is -0.476 e. The van der Waals surface area contributed by atoms with Crippen LogP contribution in [0.15, 0.2) is 42.5 Å². The predicted molar refractivity (Wildman–Crippen MR) is 89.3 cm³/mol. The second-order valence-corrected chi connectivity index (χ2v) is 4.77. The Labute approximate surface area is 132 Å². The molecule has 5 heteroatoms. The lowest BCUT2D eigenvalue weighted by Crippen LogP contribution is -2.19. The number of ether oxygens (including phenoxy) is 1. The Hall–Kier alpha value is -1.78. The Kier molecular flexibility index (Phi) is 6.99. The molecule has 1 heterocycles. The van der Waals surface area contributed by atoms with Crippen LogP contribution in [0.25, 0.3) is 0 Å². The first-order valence-corrected chi connectivity index (χ1v) is 6.76. The van der Waals surface area contributed by atoms with E-state index in [4.69, 9.17) is 10.5 Å². The fraction of sp³-hybridized carbons (Fsp3) is 0.312. The molecule has 2 rings (SSSR count). The Morgan fingerprint density at radius 1 is 1.14 bits per heavy atom. The summed E-state index contributed by atoms with van der Waals surface area (Å²) in [5.41, 5.74) is 7.83. The summed E-state index contributed by atoms with van der Waals surface area (Å²) in [6.45, 7) is 3.84. The average molecular weight is 308 g/mol. The molecule has 0 aliphatic carbocycles. The van der Waals surface area contributed by atoms with Crippen molar-refractivity contribution < 1.29 is 4.74 Å². The summed E-state index contributed by atoms with van der Waals surface area (Å²) in [7, 11) is 2.04. The fourth-order valence-corrected chi connectivity index (χ4v) is 2.06. The molecule has 0 radical (unpaired) electrons. The zero-order valence-electron chi connectivity index (χ0n) is 12.5. The molecule has 0 aliphatic rings. The van der Waals surface area contributed by atoms with Gasteiger partial charge >= 0.3 is 0 Å². The minimum atomic E-state index is 0. The van der Waals surface area contributed by atoms with Crippen LogP contribution in [-0.4, -0.2) is 25.2 Å². The quantitative estimate of drug-likeness (QED) is 0.891. The van der Waals surface area contributed by atoms with Crippen molar-refractivity contribution in [2.24, 2.45) is 5.73 Å². The largest absolute Gasteiger partial charge is 0.476 e. The summed E-state index contributed by atoms with van der Waals surface area (Å²) in [6.07, 6.45) is 0. The van der Waals surface area contributed by atoms with Crippen molar-refractivity contribution in [2.45, 2.75) is 13.5 Å². The predicted octanol–water partition coefficient (Wildman–Crippen LogP) is 2.79. The molecule has 4 nitrogen and oxygen atoms in total. The lowest BCUT2D eigenvalue weighted by molar-refractivity contribution is 0.315. The van der Waals surface area contributed by atoms with Crippen LogP contribution in [0.4, 0.5) is 5.82 Å². The topological polar surface area (TPSA) is 51.4 Å². The van der Waals surface area contributed by atoms with Crippen molar-refractivity contribution in [3.8, 4) is 5.88 Å². The Morgan fingerprint density at radius 2 is 1.86 bits per heavy atom. The Balaban J connectivity index is 0.00000220. The molecular weight excluding hydrogens is 286 g/mol. The van der Waals surface area contributed by atoms with E-state index in [1.807, 2.05) is 37.4 Å². The van der Waals surface area contributed by atoms with Gasteiger partial charge in [0.2, 0.25) is 5.88 Å². The molecule has 0 atom stereocenters. The number of nitrogens with two attached hydrogens (primary N) is 1. The molecular formula is C16H22ClN3O. The van der Waals surface area contributed by atoms with E-state index in [-0.39, 0.29) is 12.4 Å². The molecule has 0 aliphatic heterocycles. The number of rotatable bonds is 6. The molecule has 0 fully saturated rings. The number of nitrogens with zero attached hydrogens (tertiary/aromatic N) is 2. The zero-order valence-corrected chi connectivity index (χ0v) is 13.3. The highest BCUT2D eigenvalue weighted by atomic mass is 35.5. The molecule has 0 unspecified atom stereocenters. The number of halogens is 1. The number of anilines is 1. The molecule has 114 valence electrons. The van der Waals surface area contributed by atoms with Gasteiger partial charge in [-0.25, -0.2) is 0 Å². The van der Waals surface area contributed by atoms with Crippen molar-refractivity contribution >= 4 is 18.2 Å². The van der Waals surface area contributed by atoms with Gasteiger partial charge in [0.1, 0.15) is 12.4 Å². The van der Waals surface area contributed by atoms with E-state index in [0.717, 1.165) is 17.9 Å². The molecule has 0 amide bonds. The minimum absolute atomic E-state index is 0. The van der Waals surface area contributed by atoms with Crippen molar-refractivity contribution in [3.05, 3.63) is 53.6 Å². The van der Waals surface area contributed by atoms with E-state index in [0.29, 0.717) is 19.0 Å². The van der Waals surface area contributed by atoms with E-state index in [1.165, 1.54) is 5.56 Å². The highest BCUT2D eigenvalue weighted by Crippen LogP contribution is 2.21. The van der Waals surface area contributed by atoms with Gasteiger partial charge in [0.25, 0.3) is 0 Å². The van der Waals surface area contributed by atoms with E-state index >= 15 is 0 Å². The molecule has 0 spiro atoms. The maximum atomic E-state index is 5.49. The van der Waals surface area contributed by atoms with Crippen LogP contribution in [-0.2, 0) is 6.54 Å². The van der Waals surface area contributed by atoms with Gasteiger partial charge in [-0.05, 0) is 18.1 Å². The summed E-state index contributed by atoms with van der Waals surface area (Å²) < 4.78 is 5.49. The first kappa shape index (κ1) is 17.3. The van der Waals surface area contributed by atoms with Crippen molar-refractivity contribution in [1.29, 1.82) is 0 Å². The highest BCUT2D eigenvalue weighted by molar-refractivity contribution is 5.85. The third kappa shape index (κ3) is 4.92. The van der Waals surface area contributed by atoms with E-state index in [1.54, 1.807) is 0 Å². The molecule has 21 heavy (non-hydrogen) atoms. The molecule has 0 saturated carbocycles. The van der Waals surface area contributed by atoms with E-state index in [2.05, 4.69) is 28.9 Å². The summed E-state index contributed by atoms with van der Waals surface area (Å²) in [4.78, 5) is 6.68. The summed E-state index contributed by atoms with van der Waals surface area (Å²) >= 11 is 0. The maximum Gasteiger partial charge on any atom is 0.215 e. The number of hydrogen-bond acceptors (Lipinski definition) is 4.